The van der Waals surface area contributed by atoms with Gasteiger partial charge in [0.25, 0.3) is 0 Å². The maximum absolute atomic E-state index is 13.8. The SMILES string of the molecule is Cc1ccc(N2C(=O)CCC(C(=O)N3CCN(c4ccncc4)CC3)C2c2cccs2)cc1. The molecule has 2 aromatic heterocycles. The minimum absolute atomic E-state index is 0.0869. The third-order valence-corrected chi connectivity index (χ3v) is 7.62. The number of hydrogen-bond donors (Lipinski definition) is 0. The van der Waals surface area contributed by atoms with Crippen LogP contribution in [-0.4, -0.2) is 47.9 Å². The fourth-order valence-corrected chi connectivity index (χ4v) is 5.80. The van der Waals surface area contributed by atoms with Gasteiger partial charge in [0.15, 0.2) is 0 Å². The molecule has 2 aliphatic rings. The summed E-state index contributed by atoms with van der Waals surface area (Å²) in [6, 6.07) is 15.9. The van der Waals surface area contributed by atoms with E-state index in [1.54, 1.807) is 23.7 Å². The average Bonchev–Trinajstić information content (AvgIpc) is 3.39. The van der Waals surface area contributed by atoms with Crippen LogP contribution in [0, 0.1) is 12.8 Å². The number of aryl methyl sites for hydroxylation is 1. The summed E-state index contributed by atoms with van der Waals surface area (Å²) in [4.78, 5) is 38.2. The van der Waals surface area contributed by atoms with E-state index in [-0.39, 0.29) is 23.8 Å². The zero-order chi connectivity index (χ0) is 22.8. The van der Waals surface area contributed by atoms with Crippen molar-refractivity contribution in [2.75, 3.05) is 36.0 Å². The lowest BCUT2D eigenvalue weighted by Crippen LogP contribution is -2.54. The monoisotopic (exact) mass is 460 g/mol. The zero-order valence-corrected chi connectivity index (χ0v) is 19.6. The number of nitrogens with zero attached hydrogens (tertiary/aromatic N) is 4. The standard InChI is InChI=1S/C26H28N4O2S/c1-19-4-6-21(7-5-19)30-24(31)9-8-22(25(30)23-3-2-18-33-23)26(32)29-16-14-28(15-17-29)20-10-12-27-13-11-20/h2-7,10-13,18,22,25H,8-9,14-17H2,1H3. The number of rotatable bonds is 4. The van der Waals surface area contributed by atoms with Crippen LogP contribution in [0.3, 0.4) is 0 Å². The minimum atomic E-state index is -0.264. The first-order valence-electron chi connectivity index (χ1n) is 11.5. The normalized spacial score (nSPS) is 21.4. The summed E-state index contributed by atoms with van der Waals surface area (Å²) in [6.45, 7) is 5.01. The molecule has 0 N–H and O–H groups in total. The molecule has 0 bridgehead atoms. The first kappa shape index (κ1) is 21.6. The Hall–Kier alpha value is -3.19. The third kappa shape index (κ3) is 4.37. The van der Waals surface area contributed by atoms with Crippen molar-refractivity contribution >= 4 is 34.5 Å². The van der Waals surface area contributed by atoms with Crippen LogP contribution in [0.1, 0.15) is 29.3 Å². The van der Waals surface area contributed by atoms with E-state index in [9.17, 15) is 9.59 Å². The van der Waals surface area contributed by atoms with Crippen LogP contribution in [-0.2, 0) is 9.59 Å². The number of piperazine rings is 1. The summed E-state index contributed by atoms with van der Waals surface area (Å²) in [5.41, 5.74) is 3.15. The zero-order valence-electron chi connectivity index (χ0n) is 18.8. The lowest BCUT2D eigenvalue weighted by Gasteiger charge is -2.43. The lowest BCUT2D eigenvalue weighted by molar-refractivity contribution is -0.138. The van der Waals surface area contributed by atoms with Crippen molar-refractivity contribution in [3.63, 3.8) is 0 Å². The molecule has 2 unspecified atom stereocenters. The number of anilines is 2. The summed E-state index contributed by atoms with van der Waals surface area (Å²) in [5, 5.41) is 2.02. The van der Waals surface area contributed by atoms with Gasteiger partial charge in [-0.1, -0.05) is 23.8 Å². The van der Waals surface area contributed by atoms with Crippen molar-refractivity contribution < 1.29 is 9.59 Å². The largest absolute Gasteiger partial charge is 0.368 e. The van der Waals surface area contributed by atoms with E-state index in [4.69, 9.17) is 0 Å². The second kappa shape index (κ2) is 9.35. The first-order chi connectivity index (χ1) is 16.1. The van der Waals surface area contributed by atoms with Crippen molar-refractivity contribution in [1.29, 1.82) is 0 Å². The highest BCUT2D eigenvalue weighted by atomic mass is 32.1. The molecular formula is C26H28N4O2S. The van der Waals surface area contributed by atoms with E-state index in [2.05, 4.69) is 16.0 Å². The molecule has 1 aromatic carbocycles. The van der Waals surface area contributed by atoms with Gasteiger partial charge in [-0.2, -0.15) is 0 Å². The Balaban J connectivity index is 1.39. The van der Waals surface area contributed by atoms with Crippen LogP contribution in [0.25, 0.3) is 0 Å². The van der Waals surface area contributed by atoms with Crippen molar-refractivity contribution in [1.82, 2.24) is 9.88 Å². The molecule has 0 spiro atoms. The van der Waals surface area contributed by atoms with E-state index < -0.39 is 0 Å². The van der Waals surface area contributed by atoms with Gasteiger partial charge in [0.05, 0.1) is 12.0 Å². The second-order valence-electron chi connectivity index (χ2n) is 8.72. The highest BCUT2D eigenvalue weighted by Gasteiger charge is 2.43. The minimum Gasteiger partial charge on any atom is -0.368 e. The molecule has 2 amide bonds. The Morgan fingerprint density at radius 2 is 1.70 bits per heavy atom. The number of thiophene rings is 1. The van der Waals surface area contributed by atoms with Gasteiger partial charge in [-0.3, -0.25) is 14.6 Å². The molecule has 4 heterocycles. The number of hydrogen-bond acceptors (Lipinski definition) is 5. The number of pyridine rings is 1. The smallest absolute Gasteiger partial charge is 0.228 e. The van der Waals surface area contributed by atoms with Crippen molar-refractivity contribution in [2.45, 2.75) is 25.8 Å². The molecule has 0 radical (unpaired) electrons. The number of carbonyl (C=O) groups is 2. The van der Waals surface area contributed by atoms with Crippen molar-refractivity contribution in [3.8, 4) is 0 Å². The van der Waals surface area contributed by atoms with Crippen LogP contribution in [0.4, 0.5) is 11.4 Å². The van der Waals surface area contributed by atoms with Gasteiger partial charge in [-0.05, 0) is 49.1 Å². The van der Waals surface area contributed by atoms with Crippen molar-refractivity contribution in [2.24, 2.45) is 5.92 Å². The first-order valence-corrected chi connectivity index (χ1v) is 12.4. The van der Waals surface area contributed by atoms with Crippen LogP contribution >= 0.6 is 11.3 Å². The average molecular weight is 461 g/mol. The predicted molar refractivity (Wildman–Crippen MR) is 131 cm³/mol. The van der Waals surface area contributed by atoms with Gasteiger partial charge in [0.1, 0.15) is 0 Å². The van der Waals surface area contributed by atoms with Gasteiger partial charge in [0.2, 0.25) is 11.8 Å². The van der Waals surface area contributed by atoms with Crippen molar-refractivity contribution in [3.05, 3.63) is 76.7 Å². The molecule has 170 valence electrons. The van der Waals surface area contributed by atoms with E-state index >= 15 is 0 Å². The van der Waals surface area contributed by atoms with Gasteiger partial charge in [0, 0.05) is 61.2 Å². The maximum atomic E-state index is 13.8. The van der Waals surface area contributed by atoms with Crippen LogP contribution < -0.4 is 9.80 Å². The Morgan fingerprint density at radius 1 is 0.970 bits per heavy atom. The molecule has 2 aliphatic heterocycles. The maximum Gasteiger partial charge on any atom is 0.228 e. The fourth-order valence-electron chi connectivity index (χ4n) is 4.92. The van der Waals surface area contributed by atoms with Crippen LogP contribution in [0.15, 0.2) is 66.3 Å². The highest BCUT2D eigenvalue weighted by molar-refractivity contribution is 7.10. The number of amides is 2. The molecule has 33 heavy (non-hydrogen) atoms. The molecule has 7 heteroatoms. The molecule has 0 aliphatic carbocycles. The predicted octanol–water partition coefficient (Wildman–Crippen LogP) is 4.28. The Bertz CT molecular complexity index is 1090. The fraction of sp³-hybridized carbons (Fsp3) is 0.346. The van der Waals surface area contributed by atoms with Gasteiger partial charge < -0.3 is 14.7 Å². The quantitative estimate of drug-likeness (QED) is 0.583. The summed E-state index contributed by atoms with van der Waals surface area (Å²) >= 11 is 1.62. The Morgan fingerprint density at radius 3 is 2.36 bits per heavy atom. The number of carbonyl (C=O) groups excluding carboxylic acids is 2. The molecule has 3 aromatic rings. The van der Waals surface area contributed by atoms with Gasteiger partial charge >= 0.3 is 0 Å². The highest BCUT2D eigenvalue weighted by Crippen LogP contribution is 2.42. The lowest BCUT2D eigenvalue weighted by atomic mass is 9.85. The molecule has 2 saturated heterocycles. The summed E-state index contributed by atoms with van der Waals surface area (Å²) in [5.74, 6) is 0.00586. The summed E-state index contributed by atoms with van der Waals surface area (Å²) < 4.78 is 0. The molecule has 5 rings (SSSR count). The van der Waals surface area contributed by atoms with E-state index in [0.29, 0.717) is 25.9 Å². The third-order valence-electron chi connectivity index (χ3n) is 6.68. The van der Waals surface area contributed by atoms with E-state index in [1.807, 2.05) is 64.6 Å². The number of piperidine rings is 1. The number of aromatic nitrogens is 1. The Kier molecular flexibility index (Phi) is 6.13. The molecule has 0 saturated carbocycles. The summed E-state index contributed by atoms with van der Waals surface area (Å²) in [7, 11) is 0. The molecule has 2 fully saturated rings. The molecule has 2 atom stereocenters. The van der Waals surface area contributed by atoms with Gasteiger partial charge in [-0.25, -0.2) is 0 Å². The number of benzene rings is 1. The molecule has 6 nitrogen and oxygen atoms in total. The van der Waals surface area contributed by atoms with Gasteiger partial charge in [-0.15, -0.1) is 11.3 Å². The van der Waals surface area contributed by atoms with Crippen LogP contribution in [0.5, 0.6) is 0 Å². The van der Waals surface area contributed by atoms with E-state index in [1.165, 1.54) is 0 Å². The topological polar surface area (TPSA) is 56.8 Å². The second-order valence-corrected chi connectivity index (χ2v) is 9.70. The summed E-state index contributed by atoms with van der Waals surface area (Å²) in [6.07, 6.45) is 4.59. The Labute approximate surface area is 198 Å². The van der Waals surface area contributed by atoms with Crippen LogP contribution in [0.2, 0.25) is 0 Å². The molecular weight excluding hydrogens is 432 g/mol. The van der Waals surface area contributed by atoms with E-state index in [0.717, 1.165) is 34.9 Å².